The van der Waals surface area contributed by atoms with Gasteiger partial charge in [0, 0.05) is 19.1 Å². The predicted octanol–water partition coefficient (Wildman–Crippen LogP) is 0.196. The molecule has 0 saturated carbocycles. The minimum atomic E-state index is 0.136. The van der Waals surface area contributed by atoms with Gasteiger partial charge in [-0.2, -0.15) is 0 Å². The van der Waals surface area contributed by atoms with Gasteiger partial charge in [-0.05, 0) is 32.9 Å². The van der Waals surface area contributed by atoms with Crippen molar-refractivity contribution in [2.24, 2.45) is 0 Å². The van der Waals surface area contributed by atoms with Crippen LogP contribution >= 0.6 is 0 Å². The Morgan fingerprint density at radius 3 is 3.00 bits per heavy atom. The fraction of sp³-hybridized carbons (Fsp3) is 0.909. The van der Waals surface area contributed by atoms with Crippen molar-refractivity contribution in [3.05, 3.63) is 0 Å². The van der Waals surface area contributed by atoms with Gasteiger partial charge in [0.2, 0.25) is 5.91 Å². The van der Waals surface area contributed by atoms with Crippen molar-refractivity contribution in [2.45, 2.75) is 32.2 Å². The van der Waals surface area contributed by atoms with E-state index in [4.69, 9.17) is 0 Å². The minimum Gasteiger partial charge on any atom is -0.355 e. The first kappa shape index (κ1) is 12.5. The van der Waals surface area contributed by atoms with E-state index in [2.05, 4.69) is 22.5 Å². The highest BCUT2D eigenvalue weighted by atomic mass is 16.2. The van der Waals surface area contributed by atoms with Crippen LogP contribution in [-0.2, 0) is 4.79 Å². The predicted molar refractivity (Wildman–Crippen MR) is 61.8 cm³/mol. The van der Waals surface area contributed by atoms with Crippen LogP contribution < -0.4 is 10.6 Å². The van der Waals surface area contributed by atoms with Gasteiger partial charge in [0.25, 0.3) is 0 Å². The van der Waals surface area contributed by atoms with Gasteiger partial charge >= 0.3 is 0 Å². The molecule has 0 aliphatic carbocycles. The average molecular weight is 213 g/mol. The molecule has 0 aromatic rings. The van der Waals surface area contributed by atoms with Gasteiger partial charge in [-0.25, -0.2) is 0 Å². The lowest BCUT2D eigenvalue weighted by Crippen LogP contribution is -2.41. The van der Waals surface area contributed by atoms with Gasteiger partial charge in [0.15, 0.2) is 0 Å². The Hall–Kier alpha value is -0.610. The normalized spacial score (nSPS) is 20.9. The van der Waals surface area contributed by atoms with Gasteiger partial charge in [-0.15, -0.1) is 0 Å². The summed E-state index contributed by atoms with van der Waals surface area (Å²) in [5.41, 5.74) is 0. The number of rotatable bonds is 6. The lowest BCUT2D eigenvalue weighted by atomic mass is 10.2. The first-order chi connectivity index (χ1) is 7.22. The van der Waals surface area contributed by atoms with Crippen LogP contribution in [0.5, 0.6) is 0 Å². The van der Waals surface area contributed by atoms with E-state index in [1.54, 1.807) is 0 Å². The maximum atomic E-state index is 11.4. The Balaban J connectivity index is 2.11. The Kier molecular flexibility index (Phi) is 5.65. The fourth-order valence-electron chi connectivity index (χ4n) is 1.92. The third-order valence-electron chi connectivity index (χ3n) is 2.68. The lowest BCUT2D eigenvalue weighted by molar-refractivity contribution is -0.121. The monoisotopic (exact) mass is 213 g/mol. The standard InChI is InChI=1S/C11H23N3O/c1-3-6-13-11(15)9-14(2)8-10-5-4-7-12-10/h10,12H,3-9H2,1-2H3,(H,13,15)/t10-/m0/s1. The molecule has 88 valence electrons. The van der Waals surface area contributed by atoms with E-state index in [-0.39, 0.29) is 5.91 Å². The largest absolute Gasteiger partial charge is 0.355 e. The molecule has 2 N–H and O–H groups in total. The molecule has 4 heteroatoms. The van der Waals surface area contributed by atoms with Crippen molar-refractivity contribution < 1.29 is 4.79 Å². The zero-order chi connectivity index (χ0) is 11.1. The van der Waals surface area contributed by atoms with Crippen LogP contribution in [0.15, 0.2) is 0 Å². The SMILES string of the molecule is CCCNC(=O)CN(C)C[C@@H]1CCCN1. The number of hydrogen-bond donors (Lipinski definition) is 2. The summed E-state index contributed by atoms with van der Waals surface area (Å²) in [6.07, 6.45) is 3.50. The molecule has 0 aromatic heterocycles. The quantitative estimate of drug-likeness (QED) is 0.662. The van der Waals surface area contributed by atoms with Crippen molar-refractivity contribution in [3.8, 4) is 0 Å². The molecule has 1 aliphatic heterocycles. The van der Waals surface area contributed by atoms with Crippen LogP contribution in [0, 0.1) is 0 Å². The fourth-order valence-corrected chi connectivity index (χ4v) is 1.92. The molecule has 1 fully saturated rings. The van der Waals surface area contributed by atoms with Gasteiger partial charge in [-0.1, -0.05) is 6.92 Å². The highest BCUT2D eigenvalue weighted by Gasteiger charge is 2.16. The molecule has 1 amide bonds. The smallest absolute Gasteiger partial charge is 0.234 e. The van der Waals surface area contributed by atoms with E-state index in [1.807, 2.05) is 7.05 Å². The van der Waals surface area contributed by atoms with Crippen molar-refractivity contribution in [1.29, 1.82) is 0 Å². The molecular weight excluding hydrogens is 190 g/mol. The summed E-state index contributed by atoms with van der Waals surface area (Å²) in [6.45, 7) is 5.46. The van der Waals surface area contributed by atoms with E-state index in [0.717, 1.165) is 26.1 Å². The number of nitrogens with one attached hydrogen (secondary N) is 2. The summed E-state index contributed by atoms with van der Waals surface area (Å²) in [6, 6.07) is 0.578. The van der Waals surface area contributed by atoms with Crippen LogP contribution in [0.4, 0.5) is 0 Å². The van der Waals surface area contributed by atoms with Gasteiger partial charge < -0.3 is 10.6 Å². The number of hydrogen-bond acceptors (Lipinski definition) is 3. The highest BCUT2D eigenvalue weighted by molar-refractivity contribution is 5.77. The second kappa shape index (κ2) is 6.80. The van der Waals surface area contributed by atoms with Gasteiger partial charge in [-0.3, -0.25) is 9.69 Å². The molecule has 0 unspecified atom stereocenters. The first-order valence-corrected chi connectivity index (χ1v) is 5.91. The Bertz CT molecular complexity index is 190. The van der Waals surface area contributed by atoms with Gasteiger partial charge in [0.05, 0.1) is 6.54 Å². The van der Waals surface area contributed by atoms with Crippen molar-refractivity contribution in [2.75, 3.05) is 33.2 Å². The Morgan fingerprint density at radius 1 is 1.60 bits per heavy atom. The summed E-state index contributed by atoms with van der Waals surface area (Å²) < 4.78 is 0. The zero-order valence-corrected chi connectivity index (χ0v) is 9.88. The summed E-state index contributed by atoms with van der Waals surface area (Å²) in [5.74, 6) is 0.136. The number of likely N-dealkylation sites (N-methyl/N-ethyl adjacent to an activating group) is 1. The molecule has 1 saturated heterocycles. The van der Waals surface area contributed by atoms with Crippen LogP contribution in [0.1, 0.15) is 26.2 Å². The number of nitrogens with zero attached hydrogens (tertiary/aromatic N) is 1. The lowest BCUT2D eigenvalue weighted by Gasteiger charge is -2.20. The van der Waals surface area contributed by atoms with Crippen molar-refractivity contribution >= 4 is 5.91 Å². The van der Waals surface area contributed by atoms with Crippen LogP contribution in [0.25, 0.3) is 0 Å². The maximum absolute atomic E-state index is 11.4. The molecule has 1 heterocycles. The topological polar surface area (TPSA) is 44.4 Å². The number of amides is 1. The molecule has 1 rings (SSSR count). The van der Waals surface area contributed by atoms with Crippen molar-refractivity contribution in [3.63, 3.8) is 0 Å². The van der Waals surface area contributed by atoms with E-state index < -0.39 is 0 Å². The molecule has 0 radical (unpaired) electrons. The third-order valence-corrected chi connectivity index (χ3v) is 2.68. The van der Waals surface area contributed by atoms with Crippen LogP contribution in [0.3, 0.4) is 0 Å². The summed E-state index contributed by atoms with van der Waals surface area (Å²) >= 11 is 0. The Labute approximate surface area is 92.4 Å². The van der Waals surface area contributed by atoms with Crippen LogP contribution in [-0.4, -0.2) is 50.1 Å². The maximum Gasteiger partial charge on any atom is 0.234 e. The average Bonchev–Trinajstić information content (AvgIpc) is 2.67. The van der Waals surface area contributed by atoms with Crippen LogP contribution in [0.2, 0.25) is 0 Å². The second-order valence-electron chi connectivity index (χ2n) is 4.34. The first-order valence-electron chi connectivity index (χ1n) is 5.91. The number of carbonyl (C=O) groups is 1. The second-order valence-corrected chi connectivity index (χ2v) is 4.34. The van der Waals surface area contributed by atoms with E-state index >= 15 is 0 Å². The zero-order valence-electron chi connectivity index (χ0n) is 9.88. The third kappa shape index (κ3) is 5.14. The molecule has 15 heavy (non-hydrogen) atoms. The minimum absolute atomic E-state index is 0.136. The van der Waals surface area contributed by atoms with E-state index in [1.165, 1.54) is 12.8 Å². The molecule has 1 atom stereocenters. The molecular formula is C11H23N3O. The van der Waals surface area contributed by atoms with E-state index in [9.17, 15) is 4.79 Å². The highest BCUT2D eigenvalue weighted by Crippen LogP contribution is 2.05. The number of carbonyl (C=O) groups excluding carboxylic acids is 1. The molecule has 0 bridgehead atoms. The summed E-state index contributed by atoms with van der Waals surface area (Å²) in [4.78, 5) is 13.5. The Morgan fingerprint density at radius 2 is 2.40 bits per heavy atom. The molecule has 0 spiro atoms. The van der Waals surface area contributed by atoms with Crippen molar-refractivity contribution in [1.82, 2.24) is 15.5 Å². The van der Waals surface area contributed by atoms with E-state index in [0.29, 0.717) is 12.6 Å². The summed E-state index contributed by atoms with van der Waals surface area (Å²) in [7, 11) is 2.01. The summed E-state index contributed by atoms with van der Waals surface area (Å²) in [5, 5.41) is 6.32. The van der Waals surface area contributed by atoms with Gasteiger partial charge in [0.1, 0.15) is 0 Å². The molecule has 4 nitrogen and oxygen atoms in total. The molecule has 0 aromatic carbocycles. The molecule has 1 aliphatic rings.